The number of ether oxygens (including phenoxy) is 1. The first-order valence-electron chi connectivity index (χ1n) is 3.64. The van der Waals surface area contributed by atoms with Crippen LogP contribution in [0.15, 0.2) is 12.1 Å². The lowest BCUT2D eigenvalue weighted by Crippen LogP contribution is -1.93. The van der Waals surface area contributed by atoms with Crippen LogP contribution in [0.4, 0.5) is 0 Å². The Kier molecular flexibility index (Phi) is 1.58. The van der Waals surface area contributed by atoms with Crippen LogP contribution in [0.25, 0.3) is 0 Å². The van der Waals surface area contributed by atoms with Crippen LogP contribution in [0.2, 0.25) is 5.02 Å². The van der Waals surface area contributed by atoms with E-state index in [1.165, 1.54) is 0 Å². The molecule has 62 valence electrons. The van der Waals surface area contributed by atoms with Gasteiger partial charge in [0, 0.05) is 10.6 Å². The molecule has 3 heteroatoms. The molecule has 0 spiro atoms. The van der Waals surface area contributed by atoms with E-state index in [1.54, 1.807) is 6.07 Å². The molecule has 1 aliphatic rings. The highest BCUT2D eigenvalue weighted by Gasteiger charge is 2.21. The molecule has 1 aliphatic heterocycles. The van der Waals surface area contributed by atoms with Crippen LogP contribution in [-0.2, 0) is 11.3 Å². The summed E-state index contributed by atoms with van der Waals surface area (Å²) in [4.78, 5) is 11.0. The van der Waals surface area contributed by atoms with Crippen LogP contribution in [-0.4, -0.2) is 5.97 Å². The zero-order valence-corrected chi connectivity index (χ0v) is 7.31. The number of esters is 1. The van der Waals surface area contributed by atoms with Gasteiger partial charge in [-0.1, -0.05) is 17.7 Å². The maximum atomic E-state index is 11.0. The quantitative estimate of drug-likeness (QED) is 0.576. The highest BCUT2D eigenvalue weighted by molar-refractivity contribution is 6.31. The molecule has 12 heavy (non-hydrogen) atoms. The Labute approximate surface area is 75.1 Å². The van der Waals surface area contributed by atoms with Gasteiger partial charge in [-0.25, -0.2) is 4.79 Å². The van der Waals surface area contributed by atoms with E-state index in [-0.39, 0.29) is 5.97 Å². The maximum absolute atomic E-state index is 11.0. The standard InChI is InChI=1S/C9H7ClO2/c1-5-2-6-4-12-9(11)7(6)3-8(5)10/h2-3H,4H2,1H3. The molecule has 0 amide bonds. The Morgan fingerprint density at radius 2 is 2.25 bits per heavy atom. The SMILES string of the molecule is Cc1cc2c(cc1Cl)C(=O)OC2. The van der Waals surface area contributed by atoms with Crippen molar-refractivity contribution < 1.29 is 9.53 Å². The monoisotopic (exact) mass is 182 g/mol. The summed E-state index contributed by atoms with van der Waals surface area (Å²) in [7, 11) is 0. The molecule has 0 unspecified atom stereocenters. The Morgan fingerprint density at radius 1 is 1.50 bits per heavy atom. The van der Waals surface area contributed by atoms with Crippen molar-refractivity contribution in [3.63, 3.8) is 0 Å². The number of rotatable bonds is 0. The molecule has 2 nitrogen and oxygen atoms in total. The topological polar surface area (TPSA) is 26.3 Å². The van der Waals surface area contributed by atoms with Gasteiger partial charge in [0.2, 0.25) is 0 Å². The molecule has 0 aromatic heterocycles. The third-order valence-electron chi connectivity index (χ3n) is 1.96. The minimum atomic E-state index is -0.271. The van der Waals surface area contributed by atoms with Gasteiger partial charge in [0.25, 0.3) is 0 Å². The summed E-state index contributed by atoms with van der Waals surface area (Å²) in [6.45, 7) is 2.29. The van der Waals surface area contributed by atoms with Gasteiger partial charge >= 0.3 is 5.97 Å². The van der Waals surface area contributed by atoms with Gasteiger partial charge in [0.1, 0.15) is 6.61 Å². The molecule has 0 saturated heterocycles. The molecule has 1 aromatic rings. The van der Waals surface area contributed by atoms with Gasteiger partial charge < -0.3 is 4.74 Å². The van der Waals surface area contributed by atoms with Crippen LogP contribution in [0.3, 0.4) is 0 Å². The summed E-state index contributed by atoms with van der Waals surface area (Å²) in [6, 6.07) is 3.56. The summed E-state index contributed by atoms with van der Waals surface area (Å²) in [5.74, 6) is -0.271. The average Bonchev–Trinajstić information content (AvgIpc) is 2.35. The van der Waals surface area contributed by atoms with Crippen molar-refractivity contribution in [2.45, 2.75) is 13.5 Å². The summed E-state index contributed by atoms with van der Waals surface area (Å²) >= 11 is 5.85. The van der Waals surface area contributed by atoms with Crippen LogP contribution in [0.5, 0.6) is 0 Å². The molecular formula is C9H7ClO2. The second-order valence-electron chi connectivity index (χ2n) is 2.83. The van der Waals surface area contributed by atoms with Crippen molar-refractivity contribution in [1.29, 1.82) is 0 Å². The average molecular weight is 183 g/mol. The number of carbonyl (C=O) groups is 1. The van der Waals surface area contributed by atoms with E-state index in [4.69, 9.17) is 16.3 Å². The summed E-state index contributed by atoms with van der Waals surface area (Å²) in [5, 5.41) is 0.618. The fourth-order valence-corrected chi connectivity index (χ4v) is 1.44. The van der Waals surface area contributed by atoms with E-state index in [9.17, 15) is 4.79 Å². The predicted octanol–water partition coefficient (Wildman–Crippen LogP) is 2.32. The molecule has 0 N–H and O–H groups in total. The third-order valence-corrected chi connectivity index (χ3v) is 2.37. The second-order valence-corrected chi connectivity index (χ2v) is 3.24. The van der Waals surface area contributed by atoms with Crippen molar-refractivity contribution >= 4 is 17.6 Å². The highest BCUT2D eigenvalue weighted by atomic mass is 35.5. The first-order chi connectivity index (χ1) is 5.68. The number of fused-ring (bicyclic) bond motifs is 1. The lowest BCUT2D eigenvalue weighted by Gasteiger charge is -1.98. The van der Waals surface area contributed by atoms with Gasteiger partial charge in [-0.05, 0) is 18.6 Å². The van der Waals surface area contributed by atoms with Gasteiger partial charge in [0.05, 0.1) is 5.56 Å². The van der Waals surface area contributed by atoms with E-state index >= 15 is 0 Å². The highest BCUT2D eigenvalue weighted by Crippen LogP contribution is 2.26. The molecule has 0 bridgehead atoms. The number of halogens is 1. The largest absolute Gasteiger partial charge is 0.457 e. The molecule has 0 fully saturated rings. The van der Waals surface area contributed by atoms with Crippen molar-refractivity contribution in [2.75, 3.05) is 0 Å². The normalized spacial score (nSPS) is 14.3. The minimum absolute atomic E-state index is 0.271. The van der Waals surface area contributed by atoms with Gasteiger partial charge in [-0.3, -0.25) is 0 Å². The van der Waals surface area contributed by atoms with Crippen LogP contribution in [0, 0.1) is 6.92 Å². The Morgan fingerprint density at radius 3 is 3.00 bits per heavy atom. The smallest absolute Gasteiger partial charge is 0.338 e. The van der Waals surface area contributed by atoms with Crippen molar-refractivity contribution in [1.82, 2.24) is 0 Å². The number of cyclic esters (lactones) is 1. The van der Waals surface area contributed by atoms with Gasteiger partial charge in [-0.15, -0.1) is 0 Å². The third kappa shape index (κ3) is 0.994. The second kappa shape index (κ2) is 2.49. The van der Waals surface area contributed by atoms with Gasteiger partial charge in [-0.2, -0.15) is 0 Å². The first-order valence-corrected chi connectivity index (χ1v) is 4.02. The number of carbonyl (C=O) groups excluding carboxylic acids is 1. The molecule has 1 aromatic carbocycles. The molecule has 0 aliphatic carbocycles. The van der Waals surface area contributed by atoms with E-state index in [0.29, 0.717) is 17.2 Å². The lowest BCUT2D eigenvalue weighted by atomic mass is 10.1. The van der Waals surface area contributed by atoms with Crippen LogP contribution >= 0.6 is 11.6 Å². The molecule has 0 radical (unpaired) electrons. The predicted molar refractivity (Wildman–Crippen MR) is 45.3 cm³/mol. The fourth-order valence-electron chi connectivity index (χ4n) is 1.27. The summed E-state index contributed by atoms with van der Waals surface area (Å²) < 4.78 is 4.84. The first kappa shape index (κ1) is 7.62. The number of benzene rings is 1. The Bertz CT molecular complexity index is 358. The molecule has 2 rings (SSSR count). The maximum Gasteiger partial charge on any atom is 0.338 e. The van der Waals surface area contributed by atoms with E-state index in [0.717, 1.165) is 11.1 Å². The van der Waals surface area contributed by atoms with E-state index in [1.807, 2.05) is 13.0 Å². The van der Waals surface area contributed by atoms with E-state index < -0.39 is 0 Å². The zero-order chi connectivity index (χ0) is 8.72. The fraction of sp³-hybridized carbons (Fsp3) is 0.222. The minimum Gasteiger partial charge on any atom is -0.457 e. The van der Waals surface area contributed by atoms with Crippen LogP contribution < -0.4 is 0 Å². The van der Waals surface area contributed by atoms with Crippen molar-refractivity contribution in [3.05, 3.63) is 33.8 Å². The summed E-state index contributed by atoms with van der Waals surface area (Å²) in [6.07, 6.45) is 0. The molecular weight excluding hydrogens is 176 g/mol. The molecule has 1 heterocycles. The van der Waals surface area contributed by atoms with Crippen LogP contribution in [0.1, 0.15) is 21.5 Å². The molecule has 0 saturated carbocycles. The zero-order valence-electron chi connectivity index (χ0n) is 6.56. The lowest BCUT2D eigenvalue weighted by molar-refractivity contribution is 0.0535. The van der Waals surface area contributed by atoms with Crippen molar-refractivity contribution in [2.24, 2.45) is 0 Å². The molecule has 0 atom stereocenters. The number of aryl methyl sites for hydroxylation is 1. The van der Waals surface area contributed by atoms with Gasteiger partial charge in [0.15, 0.2) is 0 Å². The van der Waals surface area contributed by atoms with E-state index in [2.05, 4.69) is 0 Å². The number of hydrogen-bond acceptors (Lipinski definition) is 2. The number of hydrogen-bond donors (Lipinski definition) is 0. The van der Waals surface area contributed by atoms with Crippen molar-refractivity contribution in [3.8, 4) is 0 Å². The summed E-state index contributed by atoms with van der Waals surface area (Å²) in [5.41, 5.74) is 2.52. The Hall–Kier alpha value is -1.02. The Balaban J connectivity index is 2.63.